The number of rotatable bonds is 15. The van der Waals surface area contributed by atoms with Crippen LogP contribution in [0, 0.1) is 0 Å². The summed E-state index contributed by atoms with van der Waals surface area (Å²) in [6, 6.07) is 21.4. The van der Waals surface area contributed by atoms with Crippen molar-refractivity contribution < 1.29 is 27.8 Å². The summed E-state index contributed by atoms with van der Waals surface area (Å²) in [6.45, 7) is 7.85. The first-order valence-electron chi connectivity index (χ1n) is 13.9. The van der Waals surface area contributed by atoms with Gasteiger partial charge in [-0.25, -0.2) is 9.65 Å². The van der Waals surface area contributed by atoms with Crippen molar-refractivity contribution in [3.63, 3.8) is 0 Å². The Balaban J connectivity index is 1.62. The first kappa shape index (κ1) is 33.9. The van der Waals surface area contributed by atoms with Gasteiger partial charge in [0.1, 0.15) is 23.4 Å². The van der Waals surface area contributed by atoms with Gasteiger partial charge < -0.3 is 18.7 Å². The molecule has 0 radical (unpaired) electrons. The highest BCUT2D eigenvalue weighted by Crippen LogP contribution is 2.46. The molecule has 0 fully saturated rings. The molecule has 0 saturated heterocycles. The smallest absolute Gasteiger partial charge is 0.460 e. The van der Waals surface area contributed by atoms with E-state index in [0.717, 1.165) is 35.5 Å². The van der Waals surface area contributed by atoms with Crippen LogP contribution in [0.1, 0.15) is 44.4 Å². The molecule has 42 heavy (non-hydrogen) atoms. The number of benzene rings is 3. The molecule has 0 bridgehead atoms. The van der Waals surface area contributed by atoms with E-state index in [1.165, 1.54) is 12.6 Å². The zero-order valence-corrected chi connectivity index (χ0v) is 27.5. The van der Waals surface area contributed by atoms with Crippen molar-refractivity contribution in [2.24, 2.45) is 0 Å². The first-order chi connectivity index (χ1) is 19.8. The number of nitrogens with one attached hydrogen (secondary N) is 1. The molecule has 0 aliphatic heterocycles. The lowest BCUT2D eigenvalue weighted by Crippen LogP contribution is -2.44. The van der Waals surface area contributed by atoms with Crippen LogP contribution in [0.2, 0.25) is 5.02 Å². The quantitative estimate of drug-likeness (QED) is 0.139. The lowest BCUT2D eigenvalue weighted by atomic mass is 9.87. The number of hydrogen-bond donors (Lipinski definition) is 1. The van der Waals surface area contributed by atoms with Crippen molar-refractivity contribution in [2.45, 2.75) is 58.3 Å². The number of hydrogen-bond acceptors (Lipinski definition) is 7. The van der Waals surface area contributed by atoms with Crippen molar-refractivity contribution in [2.75, 3.05) is 35.0 Å². The molecule has 0 aliphatic carbocycles. The lowest BCUT2D eigenvalue weighted by molar-refractivity contribution is -0.112. The van der Waals surface area contributed by atoms with Gasteiger partial charge in [-0.2, -0.15) is 0 Å². The molecule has 8 nitrogen and oxygen atoms in total. The van der Waals surface area contributed by atoms with E-state index >= 15 is 0 Å². The summed E-state index contributed by atoms with van der Waals surface area (Å²) in [4.78, 5) is 1.92. The summed E-state index contributed by atoms with van der Waals surface area (Å²) < 4.78 is 42.3. The Morgan fingerprint density at radius 1 is 0.976 bits per heavy atom. The van der Waals surface area contributed by atoms with Crippen LogP contribution >= 0.6 is 19.3 Å². The Hall–Kier alpha value is -2.58. The number of methoxy groups -OCH3 is 1. The fourth-order valence-corrected chi connectivity index (χ4v) is 5.44. The van der Waals surface area contributed by atoms with Gasteiger partial charge in [0.15, 0.2) is 13.0 Å². The van der Waals surface area contributed by atoms with Crippen LogP contribution in [-0.2, 0) is 32.1 Å². The van der Waals surface area contributed by atoms with Gasteiger partial charge in [0.2, 0.25) is 0 Å². The van der Waals surface area contributed by atoms with E-state index < -0.39 is 20.1 Å². The number of nitrogens with zero attached hydrogens (tertiary/aromatic N) is 1. The molecule has 0 aliphatic rings. The van der Waals surface area contributed by atoms with E-state index in [1.54, 1.807) is 13.2 Å². The number of para-hydroxylation sites is 1. The minimum absolute atomic E-state index is 0.0864. The maximum Gasteiger partial charge on any atom is 0.460 e. The second-order valence-corrected chi connectivity index (χ2v) is 13.5. The third-order valence-electron chi connectivity index (χ3n) is 6.79. The predicted octanol–water partition coefficient (Wildman–Crippen LogP) is 7.48. The van der Waals surface area contributed by atoms with Crippen LogP contribution in [0.15, 0.2) is 66.7 Å². The topological polar surface area (TPSA) is 78.5 Å². The van der Waals surface area contributed by atoms with Crippen LogP contribution < -0.4 is 19.1 Å². The normalized spacial score (nSPS) is 14.7. The third kappa shape index (κ3) is 9.73. The van der Waals surface area contributed by atoms with Crippen LogP contribution in [0.25, 0.3) is 0 Å². The molecule has 3 aromatic rings. The standard InChI is InChI=1S/C32H44ClN2O6P/c1-23(38-22-39-42(36,34-5)41-30-19-18-26(21-28(30)33)32(2,3)4)31(35(6)7)40-29-15-10-9-13-25(29)17-16-24-12-11-14-27(20-24)37-8/h9-15,18-21,23,31H,16-17,22H2,1-8H3,(H,34,36)/t23?,31-,42?/m0/s1. The molecule has 3 rings (SSSR count). The van der Waals surface area contributed by atoms with Gasteiger partial charge in [-0.15, -0.1) is 0 Å². The van der Waals surface area contributed by atoms with Gasteiger partial charge in [-0.05, 0) is 93.3 Å². The van der Waals surface area contributed by atoms with Crippen LogP contribution in [0.5, 0.6) is 17.2 Å². The van der Waals surface area contributed by atoms with E-state index in [1.807, 2.05) is 74.4 Å². The molecule has 2 unspecified atom stereocenters. The van der Waals surface area contributed by atoms with Gasteiger partial charge in [-0.3, -0.25) is 9.42 Å². The third-order valence-corrected chi connectivity index (χ3v) is 8.52. The van der Waals surface area contributed by atoms with Gasteiger partial charge in [0.25, 0.3) is 0 Å². The van der Waals surface area contributed by atoms with E-state index in [9.17, 15) is 4.57 Å². The van der Waals surface area contributed by atoms with Gasteiger partial charge in [0.05, 0.1) is 12.1 Å². The molecular weight excluding hydrogens is 575 g/mol. The molecule has 0 aromatic heterocycles. The second-order valence-electron chi connectivity index (χ2n) is 11.3. The van der Waals surface area contributed by atoms with Crippen molar-refractivity contribution in [3.8, 4) is 17.2 Å². The van der Waals surface area contributed by atoms with Crippen LogP contribution in [-0.4, -0.2) is 52.3 Å². The van der Waals surface area contributed by atoms with Gasteiger partial charge >= 0.3 is 7.75 Å². The average molecular weight is 619 g/mol. The molecule has 10 heteroatoms. The summed E-state index contributed by atoms with van der Waals surface area (Å²) in [5, 5.41) is 2.98. The molecule has 0 heterocycles. The second kappa shape index (κ2) is 15.2. The van der Waals surface area contributed by atoms with E-state index in [0.29, 0.717) is 5.02 Å². The van der Waals surface area contributed by atoms with E-state index in [4.69, 9.17) is 34.9 Å². The summed E-state index contributed by atoms with van der Waals surface area (Å²) >= 11 is 6.43. The monoisotopic (exact) mass is 618 g/mol. The molecule has 3 atom stereocenters. The number of likely N-dealkylation sites (N-methyl/N-ethyl adjacent to an activating group) is 1. The molecule has 1 N–H and O–H groups in total. The SMILES string of the molecule is CNP(=O)(OCOC(C)[C@H](Oc1ccccc1CCc1cccc(OC)c1)N(C)C)Oc1ccc(C(C)(C)C)cc1Cl. The highest BCUT2D eigenvalue weighted by molar-refractivity contribution is 7.52. The molecule has 0 amide bonds. The Labute approximate surface area is 255 Å². The lowest BCUT2D eigenvalue weighted by Gasteiger charge is -2.31. The maximum atomic E-state index is 13.3. The molecule has 0 spiro atoms. The van der Waals surface area contributed by atoms with Gasteiger partial charge in [-0.1, -0.05) is 68.8 Å². The summed E-state index contributed by atoms with van der Waals surface area (Å²) in [7, 11) is 3.23. The molecule has 3 aromatic carbocycles. The number of aryl methyl sites for hydroxylation is 2. The average Bonchev–Trinajstić information content (AvgIpc) is 2.95. The van der Waals surface area contributed by atoms with Crippen molar-refractivity contribution in [1.29, 1.82) is 0 Å². The van der Waals surface area contributed by atoms with Gasteiger partial charge in [0, 0.05) is 0 Å². The van der Waals surface area contributed by atoms with Crippen molar-refractivity contribution >= 4 is 19.3 Å². The fraction of sp³-hybridized carbons (Fsp3) is 0.438. The highest BCUT2D eigenvalue weighted by atomic mass is 35.5. The highest BCUT2D eigenvalue weighted by Gasteiger charge is 2.29. The zero-order chi connectivity index (χ0) is 30.9. The minimum atomic E-state index is -3.76. The van der Waals surface area contributed by atoms with Crippen molar-refractivity contribution in [3.05, 3.63) is 88.4 Å². The number of halogens is 1. The van der Waals surface area contributed by atoms with E-state index in [-0.39, 0.29) is 18.0 Å². The Bertz CT molecular complexity index is 1350. The minimum Gasteiger partial charge on any atom is -0.497 e. The summed E-state index contributed by atoms with van der Waals surface area (Å²) in [5.74, 6) is 1.87. The van der Waals surface area contributed by atoms with Crippen LogP contribution in [0.4, 0.5) is 0 Å². The fourth-order valence-electron chi connectivity index (χ4n) is 4.28. The Kier molecular flexibility index (Phi) is 12.3. The molecule has 0 saturated carbocycles. The van der Waals surface area contributed by atoms with Crippen LogP contribution in [0.3, 0.4) is 0 Å². The summed E-state index contributed by atoms with van der Waals surface area (Å²) in [5.41, 5.74) is 3.22. The number of ether oxygens (including phenoxy) is 3. The summed E-state index contributed by atoms with van der Waals surface area (Å²) in [6.07, 6.45) is 0.753. The largest absolute Gasteiger partial charge is 0.497 e. The molecular formula is C32H44ClN2O6P. The Morgan fingerprint density at radius 2 is 1.71 bits per heavy atom. The first-order valence-corrected chi connectivity index (χ1v) is 15.9. The van der Waals surface area contributed by atoms with E-state index in [2.05, 4.69) is 38.0 Å². The zero-order valence-electron chi connectivity index (χ0n) is 25.8. The van der Waals surface area contributed by atoms with Crippen molar-refractivity contribution in [1.82, 2.24) is 9.99 Å². The predicted molar refractivity (Wildman–Crippen MR) is 169 cm³/mol. The maximum absolute atomic E-state index is 13.3. The molecule has 230 valence electrons. The Morgan fingerprint density at radius 3 is 2.36 bits per heavy atom.